The third-order valence-corrected chi connectivity index (χ3v) is 2.08. The van der Waals surface area contributed by atoms with E-state index in [0.29, 0.717) is 19.7 Å². The molecule has 0 saturated carbocycles. The second-order valence-corrected chi connectivity index (χ2v) is 3.89. The zero-order valence-corrected chi connectivity index (χ0v) is 9.43. The van der Waals surface area contributed by atoms with Crippen LogP contribution in [0.3, 0.4) is 0 Å². The predicted octanol–water partition coefficient (Wildman–Crippen LogP) is 0.514. The van der Waals surface area contributed by atoms with E-state index < -0.39 is 5.41 Å². The van der Waals surface area contributed by atoms with E-state index in [1.165, 1.54) is 0 Å². The lowest BCUT2D eigenvalue weighted by molar-refractivity contribution is -0.128. The van der Waals surface area contributed by atoms with Gasteiger partial charge in [0.25, 0.3) is 0 Å². The van der Waals surface area contributed by atoms with Gasteiger partial charge in [-0.15, -0.1) is 0 Å². The van der Waals surface area contributed by atoms with Gasteiger partial charge in [0, 0.05) is 26.3 Å². The van der Waals surface area contributed by atoms with Gasteiger partial charge >= 0.3 is 0 Å². The molecule has 0 aliphatic carbocycles. The van der Waals surface area contributed by atoms with Crippen molar-refractivity contribution in [2.45, 2.75) is 27.2 Å². The van der Waals surface area contributed by atoms with Gasteiger partial charge in [0.1, 0.15) is 0 Å². The van der Waals surface area contributed by atoms with E-state index in [2.05, 4.69) is 5.32 Å². The van der Waals surface area contributed by atoms with Gasteiger partial charge in [-0.05, 0) is 27.2 Å². The van der Waals surface area contributed by atoms with Crippen LogP contribution in [0, 0.1) is 5.41 Å². The van der Waals surface area contributed by atoms with Crippen molar-refractivity contribution in [2.24, 2.45) is 11.1 Å². The Morgan fingerprint density at radius 1 is 1.50 bits per heavy atom. The first-order valence-corrected chi connectivity index (χ1v) is 5.10. The number of carbonyl (C=O) groups excluding carboxylic acids is 1. The Balaban J connectivity index is 3.54. The van der Waals surface area contributed by atoms with Crippen LogP contribution in [0.15, 0.2) is 0 Å². The number of amides is 1. The van der Waals surface area contributed by atoms with Crippen molar-refractivity contribution < 1.29 is 9.53 Å². The smallest absolute Gasteiger partial charge is 0.226 e. The van der Waals surface area contributed by atoms with Crippen molar-refractivity contribution in [2.75, 3.05) is 26.3 Å². The second-order valence-electron chi connectivity index (χ2n) is 3.89. The average Bonchev–Trinajstić information content (AvgIpc) is 2.17. The first-order valence-electron chi connectivity index (χ1n) is 5.10. The van der Waals surface area contributed by atoms with Gasteiger partial charge in [-0.25, -0.2) is 0 Å². The van der Waals surface area contributed by atoms with E-state index in [0.717, 1.165) is 13.0 Å². The molecule has 0 heterocycles. The van der Waals surface area contributed by atoms with E-state index in [4.69, 9.17) is 10.5 Å². The Morgan fingerprint density at radius 2 is 2.14 bits per heavy atom. The number of nitrogens with one attached hydrogen (secondary N) is 1. The molecule has 1 amide bonds. The van der Waals surface area contributed by atoms with Crippen LogP contribution in [0.2, 0.25) is 0 Å². The lowest BCUT2D eigenvalue weighted by atomic mass is 9.93. The zero-order valence-electron chi connectivity index (χ0n) is 9.43. The standard InChI is InChI=1S/C10H22N2O2/c1-4-14-7-5-6-12-9(13)10(2,3)8-11/h4-8,11H2,1-3H3,(H,12,13). The van der Waals surface area contributed by atoms with Crippen molar-refractivity contribution in [1.82, 2.24) is 5.32 Å². The Labute approximate surface area is 86.2 Å². The fraction of sp³-hybridized carbons (Fsp3) is 0.900. The van der Waals surface area contributed by atoms with Crippen LogP contribution in [-0.2, 0) is 9.53 Å². The molecule has 4 heteroatoms. The minimum absolute atomic E-state index is 0.0106. The number of hydrogen-bond donors (Lipinski definition) is 2. The van der Waals surface area contributed by atoms with Crippen LogP contribution >= 0.6 is 0 Å². The normalized spacial score (nSPS) is 11.4. The van der Waals surface area contributed by atoms with Crippen molar-refractivity contribution in [3.05, 3.63) is 0 Å². The summed E-state index contributed by atoms with van der Waals surface area (Å²) in [6.45, 7) is 8.07. The summed E-state index contributed by atoms with van der Waals surface area (Å²) >= 11 is 0. The fourth-order valence-electron chi connectivity index (χ4n) is 0.852. The molecule has 0 aromatic carbocycles. The predicted molar refractivity (Wildman–Crippen MR) is 57.0 cm³/mol. The van der Waals surface area contributed by atoms with E-state index in [1.54, 1.807) is 0 Å². The molecular formula is C10H22N2O2. The maximum Gasteiger partial charge on any atom is 0.226 e. The Hall–Kier alpha value is -0.610. The summed E-state index contributed by atoms with van der Waals surface area (Å²) in [5.41, 5.74) is 5.01. The van der Waals surface area contributed by atoms with E-state index >= 15 is 0 Å². The van der Waals surface area contributed by atoms with Crippen LogP contribution in [0.4, 0.5) is 0 Å². The summed E-state index contributed by atoms with van der Waals surface area (Å²) < 4.78 is 5.15. The lowest BCUT2D eigenvalue weighted by Crippen LogP contribution is -2.42. The molecule has 0 aromatic heterocycles. The number of rotatable bonds is 7. The minimum Gasteiger partial charge on any atom is -0.382 e. The fourth-order valence-corrected chi connectivity index (χ4v) is 0.852. The monoisotopic (exact) mass is 202 g/mol. The highest BCUT2D eigenvalue weighted by Crippen LogP contribution is 2.11. The van der Waals surface area contributed by atoms with Crippen molar-refractivity contribution in [1.29, 1.82) is 0 Å². The summed E-state index contributed by atoms with van der Waals surface area (Å²) in [5, 5.41) is 2.83. The van der Waals surface area contributed by atoms with Crippen LogP contribution in [-0.4, -0.2) is 32.2 Å². The minimum atomic E-state index is -0.467. The highest BCUT2D eigenvalue weighted by atomic mass is 16.5. The first-order chi connectivity index (χ1) is 6.54. The molecule has 14 heavy (non-hydrogen) atoms. The molecule has 0 spiro atoms. The van der Waals surface area contributed by atoms with E-state index in [-0.39, 0.29) is 5.91 Å². The Kier molecular flexibility index (Phi) is 6.49. The molecule has 0 atom stereocenters. The molecule has 0 saturated heterocycles. The van der Waals surface area contributed by atoms with Crippen LogP contribution in [0.1, 0.15) is 27.2 Å². The molecule has 84 valence electrons. The maximum absolute atomic E-state index is 11.5. The molecular weight excluding hydrogens is 180 g/mol. The summed E-state index contributed by atoms with van der Waals surface area (Å²) in [6, 6.07) is 0. The van der Waals surface area contributed by atoms with Gasteiger partial charge in [-0.3, -0.25) is 4.79 Å². The van der Waals surface area contributed by atoms with Gasteiger partial charge < -0.3 is 15.8 Å². The molecule has 0 fully saturated rings. The summed E-state index contributed by atoms with van der Waals surface area (Å²) in [4.78, 5) is 11.5. The second kappa shape index (κ2) is 6.79. The number of ether oxygens (including phenoxy) is 1. The van der Waals surface area contributed by atoms with E-state index in [1.807, 2.05) is 20.8 Å². The highest BCUT2D eigenvalue weighted by molar-refractivity contribution is 5.81. The largest absolute Gasteiger partial charge is 0.382 e. The highest BCUT2D eigenvalue weighted by Gasteiger charge is 2.24. The molecule has 0 bridgehead atoms. The van der Waals surface area contributed by atoms with Gasteiger partial charge in [-0.2, -0.15) is 0 Å². The molecule has 4 nitrogen and oxygen atoms in total. The zero-order chi connectivity index (χ0) is 11.0. The van der Waals surface area contributed by atoms with Crippen molar-refractivity contribution >= 4 is 5.91 Å². The van der Waals surface area contributed by atoms with Gasteiger partial charge in [0.2, 0.25) is 5.91 Å². The number of carbonyl (C=O) groups is 1. The summed E-state index contributed by atoms with van der Waals surface area (Å²) in [6.07, 6.45) is 0.847. The van der Waals surface area contributed by atoms with Crippen LogP contribution in [0.25, 0.3) is 0 Å². The van der Waals surface area contributed by atoms with Crippen LogP contribution in [0.5, 0.6) is 0 Å². The lowest BCUT2D eigenvalue weighted by Gasteiger charge is -2.21. The van der Waals surface area contributed by atoms with Gasteiger partial charge in [0.15, 0.2) is 0 Å². The summed E-state index contributed by atoms with van der Waals surface area (Å²) in [7, 11) is 0. The third kappa shape index (κ3) is 5.19. The molecule has 0 unspecified atom stereocenters. The third-order valence-electron chi connectivity index (χ3n) is 2.08. The van der Waals surface area contributed by atoms with Gasteiger partial charge in [-0.1, -0.05) is 0 Å². The summed E-state index contributed by atoms with van der Waals surface area (Å²) in [5.74, 6) is 0.0106. The molecule has 0 aromatic rings. The topological polar surface area (TPSA) is 64.3 Å². The van der Waals surface area contributed by atoms with Crippen molar-refractivity contribution in [3.8, 4) is 0 Å². The van der Waals surface area contributed by atoms with Crippen molar-refractivity contribution in [3.63, 3.8) is 0 Å². The molecule has 0 radical (unpaired) electrons. The molecule has 0 aliphatic heterocycles. The molecule has 0 rings (SSSR count). The Bertz CT molecular complexity index is 170. The van der Waals surface area contributed by atoms with Gasteiger partial charge in [0.05, 0.1) is 5.41 Å². The molecule has 0 aliphatic rings. The number of hydrogen-bond acceptors (Lipinski definition) is 3. The molecule has 3 N–H and O–H groups in total. The Morgan fingerprint density at radius 3 is 2.64 bits per heavy atom. The maximum atomic E-state index is 11.5. The average molecular weight is 202 g/mol. The number of nitrogens with two attached hydrogens (primary N) is 1. The first kappa shape index (κ1) is 13.4. The van der Waals surface area contributed by atoms with E-state index in [9.17, 15) is 4.79 Å². The van der Waals surface area contributed by atoms with Crippen LogP contribution < -0.4 is 11.1 Å². The quantitative estimate of drug-likeness (QED) is 0.591. The SMILES string of the molecule is CCOCCCNC(=O)C(C)(C)CN.